The molecule has 0 spiro atoms. The summed E-state index contributed by atoms with van der Waals surface area (Å²) >= 11 is 1.55. The molecular formula is C9H18N2O2S. The van der Waals surface area contributed by atoms with Crippen molar-refractivity contribution >= 4 is 17.7 Å². The van der Waals surface area contributed by atoms with Crippen LogP contribution in [0.15, 0.2) is 0 Å². The van der Waals surface area contributed by atoms with Crippen LogP contribution in [0.3, 0.4) is 0 Å². The van der Waals surface area contributed by atoms with E-state index in [4.69, 9.17) is 4.74 Å². The van der Waals surface area contributed by atoms with Crippen LogP contribution in [0.25, 0.3) is 0 Å². The number of carbonyl (C=O) groups excluding carboxylic acids is 1. The van der Waals surface area contributed by atoms with E-state index in [0.29, 0.717) is 12.3 Å². The lowest BCUT2D eigenvalue weighted by Crippen LogP contribution is -2.46. The van der Waals surface area contributed by atoms with Crippen LogP contribution in [-0.4, -0.2) is 62.2 Å². The van der Waals surface area contributed by atoms with Gasteiger partial charge in [0, 0.05) is 26.7 Å². The highest BCUT2D eigenvalue weighted by Gasteiger charge is 2.17. The molecule has 0 aromatic heterocycles. The highest BCUT2D eigenvalue weighted by molar-refractivity contribution is 7.99. The molecule has 0 aromatic carbocycles. The Morgan fingerprint density at radius 2 is 2.50 bits per heavy atom. The second-order valence-corrected chi connectivity index (χ2v) is 4.27. The summed E-state index contributed by atoms with van der Waals surface area (Å²) in [5.41, 5.74) is 0. The van der Waals surface area contributed by atoms with E-state index in [0.717, 1.165) is 19.7 Å². The molecule has 1 rings (SSSR count). The summed E-state index contributed by atoms with van der Waals surface area (Å²) in [7, 11) is 1.83. The number of likely N-dealkylation sites (N-methyl/N-ethyl adjacent to an activating group) is 1. The molecule has 14 heavy (non-hydrogen) atoms. The Balaban J connectivity index is 2.24. The Morgan fingerprint density at radius 3 is 3.07 bits per heavy atom. The predicted molar refractivity (Wildman–Crippen MR) is 58.6 cm³/mol. The summed E-state index contributed by atoms with van der Waals surface area (Å²) in [6, 6.07) is 0. The standard InChI is InChI=1S/C9H18N2O2S/c1-11(9(12)7-14-2)6-8-5-10-3-4-13-8/h8,10H,3-7H2,1-2H3. The molecule has 0 aliphatic carbocycles. The first-order valence-corrected chi connectivity index (χ1v) is 6.18. The largest absolute Gasteiger partial charge is 0.374 e. The molecule has 5 heteroatoms. The van der Waals surface area contributed by atoms with Crippen LogP contribution >= 0.6 is 11.8 Å². The second kappa shape index (κ2) is 6.27. The smallest absolute Gasteiger partial charge is 0.232 e. The molecule has 0 radical (unpaired) electrons. The fourth-order valence-corrected chi connectivity index (χ4v) is 1.85. The lowest BCUT2D eigenvalue weighted by Gasteiger charge is -2.27. The van der Waals surface area contributed by atoms with Crippen molar-refractivity contribution in [3.05, 3.63) is 0 Å². The van der Waals surface area contributed by atoms with Crippen molar-refractivity contribution < 1.29 is 9.53 Å². The van der Waals surface area contributed by atoms with Gasteiger partial charge in [0.1, 0.15) is 0 Å². The molecule has 0 bridgehead atoms. The van der Waals surface area contributed by atoms with Crippen molar-refractivity contribution in [1.29, 1.82) is 0 Å². The van der Waals surface area contributed by atoms with Gasteiger partial charge in [-0.2, -0.15) is 11.8 Å². The highest BCUT2D eigenvalue weighted by atomic mass is 32.2. The zero-order valence-electron chi connectivity index (χ0n) is 8.78. The second-order valence-electron chi connectivity index (χ2n) is 3.40. The first-order valence-electron chi connectivity index (χ1n) is 4.79. The molecule has 1 aliphatic heterocycles. The number of nitrogens with zero attached hydrogens (tertiary/aromatic N) is 1. The maximum atomic E-state index is 11.4. The van der Waals surface area contributed by atoms with Crippen molar-refractivity contribution in [2.75, 3.05) is 45.3 Å². The third-order valence-corrected chi connectivity index (χ3v) is 2.71. The summed E-state index contributed by atoms with van der Waals surface area (Å²) < 4.78 is 5.51. The predicted octanol–water partition coefficient (Wildman–Crippen LogP) is -0.204. The van der Waals surface area contributed by atoms with Gasteiger partial charge < -0.3 is 15.0 Å². The summed E-state index contributed by atoms with van der Waals surface area (Å²) in [5, 5.41) is 3.24. The van der Waals surface area contributed by atoms with E-state index in [1.807, 2.05) is 13.3 Å². The molecule has 4 nitrogen and oxygen atoms in total. The molecule has 82 valence electrons. The minimum atomic E-state index is 0.152. The number of morpholine rings is 1. The van der Waals surface area contributed by atoms with Crippen LogP contribution < -0.4 is 5.32 Å². The minimum Gasteiger partial charge on any atom is -0.374 e. The van der Waals surface area contributed by atoms with E-state index in [1.165, 1.54) is 0 Å². The van der Waals surface area contributed by atoms with Crippen molar-refractivity contribution in [3.63, 3.8) is 0 Å². The number of thioether (sulfide) groups is 1. The van der Waals surface area contributed by atoms with Crippen LogP contribution in [0.2, 0.25) is 0 Å². The van der Waals surface area contributed by atoms with Gasteiger partial charge in [-0.15, -0.1) is 0 Å². The van der Waals surface area contributed by atoms with Crippen LogP contribution in [0, 0.1) is 0 Å². The Hall–Kier alpha value is -0.260. The normalized spacial score (nSPS) is 22.0. The number of hydrogen-bond donors (Lipinski definition) is 1. The molecule has 1 aliphatic rings. The van der Waals surface area contributed by atoms with Gasteiger partial charge in [0.2, 0.25) is 5.91 Å². The van der Waals surface area contributed by atoms with Crippen LogP contribution in [0.1, 0.15) is 0 Å². The minimum absolute atomic E-state index is 0.152. The average molecular weight is 218 g/mol. The average Bonchev–Trinajstić information content (AvgIpc) is 2.19. The van der Waals surface area contributed by atoms with Crippen molar-refractivity contribution in [2.45, 2.75) is 6.10 Å². The first kappa shape index (κ1) is 11.8. The molecule has 1 amide bonds. The van der Waals surface area contributed by atoms with Crippen molar-refractivity contribution in [3.8, 4) is 0 Å². The van der Waals surface area contributed by atoms with E-state index < -0.39 is 0 Å². The molecular weight excluding hydrogens is 200 g/mol. The van der Waals surface area contributed by atoms with Gasteiger partial charge >= 0.3 is 0 Å². The maximum absolute atomic E-state index is 11.4. The van der Waals surface area contributed by atoms with Gasteiger partial charge in [-0.1, -0.05) is 0 Å². The fourth-order valence-electron chi connectivity index (χ4n) is 1.38. The highest BCUT2D eigenvalue weighted by Crippen LogP contribution is 2.01. The third kappa shape index (κ3) is 3.86. The monoisotopic (exact) mass is 218 g/mol. The first-order chi connectivity index (χ1) is 6.74. The number of hydrogen-bond acceptors (Lipinski definition) is 4. The molecule has 1 fully saturated rings. The molecule has 1 heterocycles. The van der Waals surface area contributed by atoms with Gasteiger partial charge in [0.05, 0.1) is 18.5 Å². The topological polar surface area (TPSA) is 41.6 Å². The zero-order valence-corrected chi connectivity index (χ0v) is 9.60. The lowest BCUT2D eigenvalue weighted by molar-refractivity contribution is -0.129. The SMILES string of the molecule is CSCC(=O)N(C)CC1CNCCO1. The third-order valence-electron chi connectivity index (χ3n) is 2.18. The van der Waals surface area contributed by atoms with Crippen LogP contribution in [0.5, 0.6) is 0 Å². The van der Waals surface area contributed by atoms with Gasteiger partial charge in [-0.3, -0.25) is 4.79 Å². The van der Waals surface area contributed by atoms with Gasteiger partial charge in [-0.05, 0) is 6.26 Å². The quantitative estimate of drug-likeness (QED) is 0.709. The van der Waals surface area contributed by atoms with E-state index in [1.54, 1.807) is 16.7 Å². The van der Waals surface area contributed by atoms with Crippen molar-refractivity contribution in [1.82, 2.24) is 10.2 Å². The molecule has 0 aromatic rings. The molecule has 1 N–H and O–H groups in total. The number of amides is 1. The molecule has 1 atom stereocenters. The summed E-state index contributed by atoms with van der Waals surface area (Å²) in [5.74, 6) is 0.725. The Labute approximate surface area is 89.4 Å². The van der Waals surface area contributed by atoms with Crippen LogP contribution in [-0.2, 0) is 9.53 Å². The summed E-state index contributed by atoms with van der Waals surface area (Å²) in [6.07, 6.45) is 2.09. The maximum Gasteiger partial charge on any atom is 0.232 e. The van der Waals surface area contributed by atoms with Crippen LogP contribution in [0.4, 0.5) is 0 Å². The number of nitrogens with one attached hydrogen (secondary N) is 1. The van der Waals surface area contributed by atoms with E-state index in [-0.39, 0.29) is 12.0 Å². The summed E-state index contributed by atoms with van der Waals surface area (Å²) in [6.45, 7) is 3.19. The molecule has 1 unspecified atom stereocenters. The zero-order chi connectivity index (χ0) is 10.4. The number of ether oxygens (including phenoxy) is 1. The summed E-state index contributed by atoms with van der Waals surface area (Å²) in [4.78, 5) is 13.2. The van der Waals surface area contributed by atoms with E-state index >= 15 is 0 Å². The Morgan fingerprint density at radius 1 is 1.71 bits per heavy atom. The van der Waals surface area contributed by atoms with E-state index in [2.05, 4.69) is 5.32 Å². The molecule has 1 saturated heterocycles. The fraction of sp³-hybridized carbons (Fsp3) is 0.889. The Kier molecular flexibility index (Phi) is 5.29. The lowest BCUT2D eigenvalue weighted by atomic mass is 10.3. The van der Waals surface area contributed by atoms with Gasteiger partial charge in [0.25, 0.3) is 0 Å². The molecule has 0 saturated carbocycles. The van der Waals surface area contributed by atoms with E-state index in [9.17, 15) is 4.79 Å². The van der Waals surface area contributed by atoms with Gasteiger partial charge in [0.15, 0.2) is 0 Å². The van der Waals surface area contributed by atoms with Crippen molar-refractivity contribution in [2.24, 2.45) is 0 Å². The Bertz CT molecular complexity index is 184. The number of carbonyl (C=O) groups is 1. The van der Waals surface area contributed by atoms with Gasteiger partial charge in [-0.25, -0.2) is 0 Å². The number of rotatable bonds is 4.